The summed E-state index contributed by atoms with van der Waals surface area (Å²) in [6.45, 7) is 0. The van der Waals surface area contributed by atoms with Gasteiger partial charge in [0.1, 0.15) is 0 Å². The van der Waals surface area contributed by atoms with Gasteiger partial charge < -0.3 is 5.73 Å². The summed E-state index contributed by atoms with van der Waals surface area (Å²) in [5.41, 5.74) is 12.8. The van der Waals surface area contributed by atoms with Crippen molar-refractivity contribution >= 4 is 17.3 Å². The van der Waals surface area contributed by atoms with E-state index in [1.165, 1.54) is 16.7 Å². The summed E-state index contributed by atoms with van der Waals surface area (Å²) in [5, 5.41) is 0. The van der Waals surface area contributed by atoms with Crippen molar-refractivity contribution in [1.29, 1.82) is 0 Å². The summed E-state index contributed by atoms with van der Waals surface area (Å²) < 4.78 is 0. The van der Waals surface area contributed by atoms with E-state index >= 15 is 0 Å². The van der Waals surface area contributed by atoms with Gasteiger partial charge in [-0.15, -0.1) is 0 Å². The first-order chi connectivity index (χ1) is 10.3. The van der Waals surface area contributed by atoms with Crippen LogP contribution in [0, 0.1) is 0 Å². The number of nitrogens with one attached hydrogen (secondary N) is 1. The molecule has 0 heterocycles. The van der Waals surface area contributed by atoms with Gasteiger partial charge in [0.05, 0.1) is 5.69 Å². The van der Waals surface area contributed by atoms with Crippen LogP contribution in [0.25, 0.3) is 11.6 Å². The number of hydrogen-bond acceptors (Lipinski definition) is 0. The fourth-order valence-electron chi connectivity index (χ4n) is 2.31. The molecule has 3 aromatic carbocycles. The first kappa shape index (κ1) is 13.2. The van der Waals surface area contributed by atoms with E-state index in [4.69, 9.17) is 5.73 Å². The third-order valence-corrected chi connectivity index (χ3v) is 3.39. The standard InChI is InChI=1S/C20H16N/c21-19-13-11-16(12-14-19)15-20(17-7-3-1-4-8-17)18-9-5-2-6-10-18/h1-15,21H. The predicted molar refractivity (Wildman–Crippen MR) is 89.1 cm³/mol. The van der Waals surface area contributed by atoms with E-state index < -0.39 is 0 Å². The van der Waals surface area contributed by atoms with E-state index in [-0.39, 0.29) is 0 Å². The van der Waals surface area contributed by atoms with Crippen LogP contribution in [0.15, 0.2) is 84.9 Å². The minimum Gasteiger partial charge on any atom is -0.301 e. The van der Waals surface area contributed by atoms with Crippen LogP contribution in [-0.2, 0) is 0 Å². The SMILES string of the molecule is [NH]c1ccc(C=C(c2ccccc2)c2ccccc2)cc1. The normalized spacial score (nSPS) is 10.1. The number of benzene rings is 3. The van der Waals surface area contributed by atoms with E-state index in [9.17, 15) is 0 Å². The van der Waals surface area contributed by atoms with Crippen molar-refractivity contribution in [2.45, 2.75) is 0 Å². The van der Waals surface area contributed by atoms with E-state index in [1.54, 1.807) is 0 Å². The van der Waals surface area contributed by atoms with Crippen molar-refractivity contribution in [2.24, 2.45) is 0 Å². The molecule has 1 nitrogen and oxygen atoms in total. The first-order valence-corrected chi connectivity index (χ1v) is 6.97. The Labute approximate surface area is 125 Å². The maximum Gasteiger partial charge on any atom is 0.0540 e. The highest BCUT2D eigenvalue weighted by molar-refractivity contribution is 5.91. The van der Waals surface area contributed by atoms with Gasteiger partial charge in [-0.2, -0.15) is 0 Å². The van der Waals surface area contributed by atoms with Gasteiger partial charge in [0.2, 0.25) is 0 Å². The minimum atomic E-state index is 0.535. The fraction of sp³-hybridized carbons (Fsp3) is 0. The third-order valence-electron chi connectivity index (χ3n) is 3.39. The van der Waals surface area contributed by atoms with E-state index in [1.807, 2.05) is 36.4 Å². The maximum absolute atomic E-state index is 7.58. The predicted octanol–water partition coefficient (Wildman–Crippen LogP) is 5.19. The molecule has 0 amide bonds. The zero-order chi connectivity index (χ0) is 14.5. The molecule has 0 atom stereocenters. The monoisotopic (exact) mass is 270 g/mol. The molecule has 0 aliphatic carbocycles. The minimum absolute atomic E-state index is 0.535. The van der Waals surface area contributed by atoms with Crippen LogP contribution in [0.2, 0.25) is 0 Å². The zero-order valence-electron chi connectivity index (χ0n) is 11.7. The smallest absolute Gasteiger partial charge is 0.0540 e. The molecule has 1 radical (unpaired) electrons. The Morgan fingerprint density at radius 1 is 0.619 bits per heavy atom. The van der Waals surface area contributed by atoms with Crippen LogP contribution in [0.5, 0.6) is 0 Å². The van der Waals surface area contributed by atoms with Crippen molar-refractivity contribution in [1.82, 2.24) is 5.73 Å². The first-order valence-electron chi connectivity index (χ1n) is 6.97. The van der Waals surface area contributed by atoms with Crippen LogP contribution in [0.3, 0.4) is 0 Å². The van der Waals surface area contributed by atoms with Crippen molar-refractivity contribution in [2.75, 3.05) is 0 Å². The largest absolute Gasteiger partial charge is 0.301 e. The molecule has 0 saturated heterocycles. The average Bonchev–Trinajstić information content (AvgIpc) is 2.56. The van der Waals surface area contributed by atoms with Crippen LogP contribution >= 0.6 is 0 Å². The van der Waals surface area contributed by atoms with E-state index in [0.717, 1.165) is 5.56 Å². The summed E-state index contributed by atoms with van der Waals surface area (Å²) in [5.74, 6) is 0. The lowest BCUT2D eigenvalue weighted by atomic mass is 9.96. The van der Waals surface area contributed by atoms with E-state index in [0.29, 0.717) is 5.69 Å². The molecule has 0 unspecified atom stereocenters. The van der Waals surface area contributed by atoms with Crippen molar-refractivity contribution in [3.63, 3.8) is 0 Å². The second-order valence-electron chi connectivity index (χ2n) is 4.91. The van der Waals surface area contributed by atoms with Gasteiger partial charge in [-0.1, -0.05) is 72.8 Å². The highest BCUT2D eigenvalue weighted by Crippen LogP contribution is 2.26. The summed E-state index contributed by atoms with van der Waals surface area (Å²) in [4.78, 5) is 0. The lowest BCUT2D eigenvalue weighted by molar-refractivity contribution is 1.47. The fourth-order valence-corrected chi connectivity index (χ4v) is 2.31. The summed E-state index contributed by atoms with van der Waals surface area (Å²) in [6, 6.07) is 28.4. The molecule has 3 rings (SSSR count). The van der Waals surface area contributed by atoms with E-state index in [2.05, 4.69) is 54.6 Å². The molecular weight excluding hydrogens is 254 g/mol. The Hall–Kier alpha value is -2.80. The Kier molecular flexibility index (Phi) is 3.83. The maximum atomic E-state index is 7.58. The second kappa shape index (κ2) is 6.10. The van der Waals surface area contributed by atoms with Gasteiger partial charge >= 0.3 is 0 Å². The van der Waals surface area contributed by atoms with Crippen LogP contribution in [-0.4, -0.2) is 0 Å². The molecule has 101 valence electrons. The van der Waals surface area contributed by atoms with Crippen molar-refractivity contribution in [3.8, 4) is 0 Å². The molecule has 0 aliphatic rings. The van der Waals surface area contributed by atoms with Gasteiger partial charge in [0.15, 0.2) is 0 Å². The summed E-state index contributed by atoms with van der Waals surface area (Å²) >= 11 is 0. The zero-order valence-corrected chi connectivity index (χ0v) is 11.7. The quantitative estimate of drug-likeness (QED) is 0.585. The molecule has 0 aromatic heterocycles. The Bertz CT molecular complexity index is 684. The lowest BCUT2D eigenvalue weighted by Gasteiger charge is -2.09. The molecule has 1 N–H and O–H groups in total. The van der Waals surface area contributed by atoms with Crippen LogP contribution in [0.4, 0.5) is 5.69 Å². The Balaban J connectivity index is 2.10. The Morgan fingerprint density at radius 2 is 1.10 bits per heavy atom. The molecule has 0 saturated carbocycles. The molecule has 21 heavy (non-hydrogen) atoms. The summed E-state index contributed by atoms with van der Waals surface area (Å²) in [7, 11) is 0. The van der Waals surface area contributed by atoms with Gasteiger partial charge in [-0.25, -0.2) is 0 Å². The number of hydrogen-bond donors (Lipinski definition) is 0. The van der Waals surface area contributed by atoms with Gasteiger partial charge in [0.25, 0.3) is 0 Å². The molecule has 3 aromatic rings. The Morgan fingerprint density at radius 3 is 1.57 bits per heavy atom. The topological polar surface area (TPSA) is 23.8 Å². The average molecular weight is 270 g/mol. The van der Waals surface area contributed by atoms with Crippen molar-refractivity contribution in [3.05, 3.63) is 102 Å². The van der Waals surface area contributed by atoms with Crippen molar-refractivity contribution < 1.29 is 0 Å². The molecule has 0 fully saturated rings. The van der Waals surface area contributed by atoms with Gasteiger partial charge in [-0.05, 0) is 40.5 Å². The molecular formula is C20H16N. The van der Waals surface area contributed by atoms with Gasteiger partial charge in [-0.3, -0.25) is 0 Å². The van der Waals surface area contributed by atoms with Crippen LogP contribution < -0.4 is 5.73 Å². The molecule has 0 aliphatic heterocycles. The van der Waals surface area contributed by atoms with Gasteiger partial charge in [0, 0.05) is 0 Å². The highest BCUT2D eigenvalue weighted by atomic mass is 14.5. The highest BCUT2D eigenvalue weighted by Gasteiger charge is 2.04. The molecule has 1 heteroatoms. The molecule has 0 bridgehead atoms. The third kappa shape index (κ3) is 3.21. The summed E-state index contributed by atoms with van der Waals surface area (Å²) in [6.07, 6.45) is 2.17. The lowest BCUT2D eigenvalue weighted by Crippen LogP contribution is -1.87. The second-order valence-corrected chi connectivity index (χ2v) is 4.91. The molecule has 0 spiro atoms. The van der Waals surface area contributed by atoms with Crippen LogP contribution in [0.1, 0.15) is 16.7 Å². The number of rotatable bonds is 3.